The number of aliphatic hydroxyl groups is 1. The first-order valence-corrected chi connectivity index (χ1v) is 6.46. The maximum Gasteiger partial charge on any atom is 0.246 e. The lowest BCUT2D eigenvalue weighted by molar-refractivity contribution is -0.125. The molecule has 1 amide bonds. The zero-order valence-corrected chi connectivity index (χ0v) is 11.6. The van der Waals surface area contributed by atoms with Crippen LogP contribution in [0, 0.1) is 0 Å². The molecule has 0 aromatic carbocycles. The van der Waals surface area contributed by atoms with Gasteiger partial charge < -0.3 is 10.0 Å². The zero-order valence-electron chi connectivity index (χ0n) is 9.18. The van der Waals surface area contributed by atoms with Crippen LogP contribution in [0.4, 0.5) is 0 Å². The summed E-state index contributed by atoms with van der Waals surface area (Å²) in [6.07, 6.45) is 2.79. The largest absolute Gasteiger partial charge is 0.392 e. The minimum Gasteiger partial charge on any atom is -0.392 e. The van der Waals surface area contributed by atoms with E-state index in [2.05, 4.69) is 15.9 Å². The number of aliphatic hydroxyl groups excluding tert-OH is 1. The number of amides is 1. The Morgan fingerprint density at radius 2 is 2.38 bits per heavy atom. The Morgan fingerprint density at radius 3 is 2.88 bits per heavy atom. The lowest BCUT2D eigenvalue weighted by atomic mass is 10.3. The molecule has 0 aliphatic rings. The highest BCUT2D eigenvalue weighted by molar-refractivity contribution is 9.11. The summed E-state index contributed by atoms with van der Waals surface area (Å²) in [7, 11) is 1.67. The van der Waals surface area contributed by atoms with Gasteiger partial charge in [0.15, 0.2) is 0 Å². The molecule has 0 fully saturated rings. The van der Waals surface area contributed by atoms with E-state index in [4.69, 9.17) is 5.11 Å². The molecule has 1 unspecified atom stereocenters. The van der Waals surface area contributed by atoms with Crippen molar-refractivity contribution in [1.82, 2.24) is 4.90 Å². The summed E-state index contributed by atoms with van der Waals surface area (Å²) in [4.78, 5) is 14.1. The molecule has 1 aromatic heterocycles. The second-order valence-corrected chi connectivity index (χ2v) is 6.04. The number of carbonyl (C=O) groups is 1. The van der Waals surface area contributed by atoms with Crippen molar-refractivity contribution in [3.63, 3.8) is 0 Å². The third-order valence-electron chi connectivity index (χ3n) is 1.90. The van der Waals surface area contributed by atoms with Crippen LogP contribution in [-0.4, -0.2) is 35.6 Å². The van der Waals surface area contributed by atoms with Crippen molar-refractivity contribution in [1.29, 1.82) is 0 Å². The number of rotatable bonds is 4. The van der Waals surface area contributed by atoms with Crippen molar-refractivity contribution in [2.24, 2.45) is 0 Å². The minimum absolute atomic E-state index is 0.106. The second-order valence-electron chi connectivity index (χ2n) is 3.54. The number of halogens is 1. The van der Waals surface area contributed by atoms with Crippen LogP contribution in [0.15, 0.2) is 22.0 Å². The Bertz CT molecular complexity index is 387. The van der Waals surface area contributed by atoms with Crippen LogP contribution in [0.2, 0.25) is 0 Å². The maximum absolute atomic E-state index is 11.6. The third kappa shape index (κ3) is 4.47. The molecule has 1 rings (SSSR count). The van der Waals surface area contributed by atoms with Crippen molar-refractivity contribution in [2.75, 3.05) is 13.6 Å². The van der Waals surface area contributed by atoms with Crippen molar-refractivity contribution >= 4 is 39.2 Å². The third-order valence-corrected chi connectivity index (χ3v) is 3.49. The van der Waals surface area contributed by atoms with Crippen LogP contribution in [0.1, 0.15) is 11.8 Å². The molecule has 1 atom stereocenters. The summed E-state index contributed by atoms with van der Waals surface area (Å²) in [5.41, 5.74) is 0. The van der Waals surface area contributed by atoms with E-state index in [9.17, 15) is 4.79 Å². The Kier molecular flexibility index (Phi) is 5.18. The van der Waals surface area contributed by atoms with Gasteiger partial charge in [-0.3, -0.25) is 4.79 Å². The zero-order chi connectivity index (χ0) is 12.1. The number of carbonyl (C=O) groups excluding carboxylic acids is 1. The molecule has 0 aliphatic carbocycles. The van der Waals surface area contributed by atoms with Crippen LogP contribution in [0.25, 0.3) is 6.08 Å². The molecular weight excluding hydrogens is 290 g/mol. The van der Waals surface area contributed by atoms with Gasteiger partial charge in [-0.25, -0.2) is 0 Å². The molecule has 88 valence electrons. The first-order chi connectivity index (χ1) is 7.49. The fourth-order valence-corrected chi connectivity index (χ4v) is 2.51. The monoisotopic (exact) mass is 303 g/mol. The summed E-state index contributed by atoms with van der Waals surface area (Å²) < 4.78 is 1.04. The molecule has 0 aliphatic heterocycles. The van der Waals surface area contributed by atoms with Crippen LogP contribution in [0.5, 0.6) is 0 Å². The molecule has 5 heteroatoms. The Morgan fingerprint density at radius 1 is 1.69 bits per heavy atom. The highest BCUT2D eigenvalue weighted by atomic mass is 79.9. The summed E-state index contributed by atoms with van der Waals surface area (Å²) >= 11 is 4.92. The maximum atomic E-state index is 11.6. The van der Waals surface area contributed by atoms with Crippen molar-refractivity contribution in [2.45, 2.75) is 13.0 Å². The van der Waals surface area contributed by atoms with E-state index >= 15 is 0 Å². The van der Waals surface area contributed by atoms with E-state index in [1.165, 1.54) is 11.0 Å². The summed E-state index contributed by atoms with van der Waals surface area (Å²) in [6, 6.07) is 3.88. The normalized spacial score (nSPS) is 13.0. The molecule has 0 saturated heterocycles. The first kappa shape index (κ1) is 13.4. The highest BCUT2D eigenvalue weighted by Crippen LogP contribution is 2.22. The second kappa shape index (κ2) is 6.18. The Hall–Kier alpha value is -0.650. The number of likely N-dealkylation sites (N-methyl/N-ethyl adjacent to an activating group) is 1. The van der Waals surface area contributed by atoms with E-state index in [1.54, 1.807) is 31.4 Å². The molecular formula is C11H14BrNO2S. The van der Waals surface area contributed by atoms with Crippen LogP contribution in [0.3, 0.4) is 0 Å². The van der Waals surface area contributed by atoms with Crippen LogP contribution >= 0.6 is 27.3 Å². The number of thiophene rings is 1. The summed E-state index contributed by atoms with van der Waals surface area (Å²) in [6.45, 7) is 2.00. The number of hydrogen-bond donors (Lipinski definition) is 1. The van der Waals surface area contributed by atoms with Gasteiger partial charge in [-0.2, -0.15) is 0 Å². The molecule has 1 N–H and O–H groups in total. The highest BCUT2D eigenvalue weighted by Gasteiger charge is 2.07. The lowest BCUT2D eigenvalue weighted by Gasteiger charge is -2.16. The van der Waals surface area contributed by atoms with Crippen molar-refractivity contribution < 1.29 is 9.90 Å². The van der Waals surface area contributed by atoms with Crippen molar-refractivity contribution in [3.05, 3.63) is 26.9 Å². The van der Waals surface area contributed by atoms with Gasteiger partial charge in [0.1, 0.15) is 0 Å². The van der Waals surface area contributed by atoms with Crippen LogP contribution in [-0.2, 0) is 4.79 Å². The molecule has 1 aromatic rings. The SMILES string of the molecule is CC(O)CN(C)C(=O)C=Cc1ccc(Br)s1. The molecule has 16 heavy (non-hydrogen) atoms. The molecule has 0 spiro atoms. The predicted octanol–water partition coefficient (Wildman–Crippen LogP) is 2.36. The van der Waals surface area contributed by atoms with Gasteiger partial charge in [0, 0.05) is 24.5 Å². The predicted molar refractivity (Wildman–Crippen MR) is 70.4 cm³/mol. The minimum atomic E-state index is -0.502. The quantitative estimate of drug-likeness (QED) is 0.868. The molecule has 3 nitrogen and oxygen atoms in total. The average molecular weight is 304 g/mol. The summed E-state index contributed by atoms with van der Waals surface area (Å²) in [5, 5.41) is 9.14. The standard InChI is InChI=1S/C11H14BrNO2S/c1-8(14)7-13(2)11(15)6-4-9-3-5-10(12)16-9/h3-6,8,14H,7H2,1-2H3. The molecule has 1 heterocycles. The smallest absolute Gasteiger partial charge is 0.246 e. The molecule has 0 radical (unpaired) electrons. The van der Waals surface area contributed by atoms with Gasteiger partial charge in [-0.05, 0) is 41.1 Å². The van der Waals surface area contributed by atoms with Gasteiger partial charge in [0.25, 0.3) is 0 Å². The Balaban J connectivity index is 2.53. The first-order valence-electron chi connectivity index (χ1n) is 4.85. The number of nitrogens with zero attached hydrogens (tertiary/aromatic N) is 1. The average Bonchev–Trinajstić information content (AvgIpc) is 2.59. The fourth-order valence-electron chi connectivity index (χ4n) is 1.18. The van der Waals surface area contributed by atoms with Gasteiger partial charge in [-0.1, -0.05) is 0 Å². The fraction of sp³-hybridized carbons (Fsp3) is 0.364. The van der Waals surface area contributed by atoms with E-state index in [-0.39, 0.29) is 5.91 Å². The van der Waals surface area contributed by atoms with Gasteiger partial charge in [0.05, 0.1) is 9.89 Å². The van der Waals surface area contributed by atoms with Gasteiger partial charge in [-0.15, -0.1) is 11.3 Å². The molecule has 0 saturated carbocycles. The van der Waals surface area contributed by atoms with Crippen LogP contribution < -0.4 is 0 Å². The van der Waals surface area contributed by atoms with E-state index in [0.29, 0.717) is 6.54 Å². The summed E-state index contributed by atoms with van der Waals surface area (Å²) in [5.74, 6) is -0.106. The topological polar surface area (TPSA) is 40.5 Å². The lowest BCUT2D eigenvalue weighted by Crippen LogP contribution is -2.31. The number of hydrogen-bond acceptors (Lipinski definition) is 3. The Labute approximate surface area is 108 Å². The van der Waals surface area contributed by atoms with Gasteiger partial charge >= 0.3 is 0 Å². The molecule has 0 bridgehead atoms. The van der Waals surface area contributed by atoms with E-state index in [0.717, 1.165) is 8.66 Å². The van der Waals surface area contributed by atoms with E-state index in [1.807, 2.05) is 12.1 Å². The van der Waals surface area contributed by atoms with Gasteiger partial charge in [0.2, 0.25) is 5.91 Å². The van der Waals surface area contributed by atoms with E-state index < -0.39 is 6.10 Å². The van der Waals surface area contributed by atoms with Crippen molar-refractivity contribution in [3.8, 4) is 0 Å².